The molecule has 106 valence electrons. The third kappa shape index (κ3) is 2.18. The lowest BCUT2D eigenvalue weighted by Gasteiger charge is -2.30. The summed E-state index contributed by atoms with van der Waals surface area (Å²) < 4.78 is 39.9. The molecule has 0 bridgehead atoms. The zero-order valence-corrected chi connectivity index (χ0v) is 10.7. The number of nitrogens with zero attached hydrogens (tertiary/aromatic N) is 3. The van der Waals surface area contributed by atoms with E-state index >= 15 is 0 Å². The smallest absolute Gasteiger partial charge is 0.304 e. The van der Waals surface area contributed by atoms with Crippen LogP contribution in [0, 0.1) is 0 Å². The summed E-state index contributed by atoms with van der Waals surface area (Å²) in [6.07, 6.45) is -4.48. The molecule has 0 fully saturated rings. The van der Waals surface area contributed by atoms with E-state index in [0.29, 0.717) is 5.82 Å². The minimum atomic E-state index is -4.48. The van der Waals surface area contributed by atoms with Gasteiger partial charge in [-0.1, -0.05) is 30.3 Å². The molecule has 1 N–H and O–H groups in total. The summed E-state index contributed by atoms with van der Waals surface area (Å²) in [5.41, 5.74) is 0.876. The molecule has 1 aromatic heterocycles. The third-order valence-electron chi connectivity index (χ3n) is 3.33. The number of benzene rings is 1. The van der Waals surface area contributed by atoms with Crippen molar-refractivity contribution in [3.63, 3.8) is 0 Å². The molecule has 1 aliphatic heterocycles. The first-order chi connectivity index (χ1) is 9.47. The van der Waals surface area contributed by atoms with Gasteiger partial charge in [-0.05, 0) is 12.5 Å². The maximum absolute atomic E-state index is 12.9. The maximum Gasteiger partial charge on any atom is 0.451 e. The SMILES string of the molecule is CC1Cn2c(nnc2C(F)(F)F)C(c2ccccc2)N1. The Bertz CT molecular complexity index is 606. The number of halogens is 3. The lowest BCUT2D eigenvalue weighted by molar-refractivity contribution is -0.147. The van der Waals surface area contributed by atoms with Crippen molar-refractivity contribution in [2.75, 3.05) is 0 Å². The largest absolute Gasteiger partial charge is 0.451 e. The molecule has 0 radical (unpaired) electrons. The zero-order chi connectivity index (χ0) is 14.3. The molecule has 0 spiro atoms. The number of hydrogen-bond acceptors (Lipinski definition) is 3. The average Bonchev–Trinajstić information content (AvgIpc) is 2.82. The van der Waals surface area contributed by atoms with Crippen molar-refractivity contribution < 1.29 is 13.2 Å². The first-order valence-corrected chi connectivity index (χ1v) is 6.28. The summed E-state index contributed by atoms with van der Waals surface area (Å²) >= 11 is 0. The second kappa shape index (κ2) is 4.59. The molecule has 1 aliphatic rings. The van der Waals surface area contributed by atoms with Gasteiger partial charge in [-0.3, -0.25) is 5.32 Å². The highest BCUT2D eigenvalue weighted by Crippen LogP contribution is 2.33. The summed E-state index contributed by atoms with van der Waals surface area (Å²) in [5, 5.41) is 10.3. The molecule has 0 amide bonds. The molecular formula is C13H13F3N4. The van der Waals surface area contributed by atoms with Crippen LogP contribution in [0.25, 0.3) is 0 Å². The molecule has 2 atom stereocenters. The van der Waals surface area contributed by atoms with Crippen LogP contribution in [-0.4, -0.2) is 20.8 Å². The fourth-order valence-corrected chi connectivity index (χ4v) is 2.49. The topological polar surface area (TPSA) is 42.7 Å². The van der Waals surface area contributed by atoms with Crippen molar-refractivity contribution in [3.8, 4) is 0 Å². The van der Waals surface area contributed by atoms with Crippen molar-refractivity contribution in [2.24, 2.45) is 0 Å². The van der Waals surface area contributed by atoms with Gasteiger partial charge in [-0.15, -0.1) is 10.2 Å². The normalized spacial score (nSPS) is 22.6. The molecule has 0 saturated heterocycles. The van der Waals surface area contributed by atoms with Gasteiger partial charge in [0.25, 0.3) is 0 Å². The van der Waals surface area contributed by atoms with Gasteiger partial charge in [0.15, 0.2) is 5.82 Å². The summed E-state index contributed by atoms with van der Waals surface area (Å²) in [6, 6.07) is 8.82. The molecular weight excluding hydrogens is 269 g/mol. The molecule has 2 heterocycles. The molecule has 7 heteroatoms. The third-order valence-corrected chi connectivity index (χ3v) is 3.33. The number of nitrogens with one attached hydrogen (secondary N) is 1. The molecule has 0 saturated carbocycles. The summed E-state index contributed by atoms with van der Waals surface area (Å²) in [5.74, 6) is -0.622. The number of rotatable bonds is 1. The van der Waals surface area contributed by atoms with Gasteiger partial charge in [-0.25, -0.2) is 0 Å². The first kappa shape index (κ1) is 13.1. The monoisotopic (exact) mass is 282 g/mol. The van der Waals surface area contributed by atoms with Crippen molar-refractivity contribution in [1.82, 2.24) is 20.1 Å². The Balaban J connectivity index is 2.08. The van der Waals surface area contributed by atoms with Gasteiger partial charge >= 0.3 is 6.18 Å². The van der Waals surface area contributed by atoms with E-state index in [0.717, 1.165) is 5.56 Å². The van der Waals surface area contributed by atoms with Crippen LogP contribution >= 0.6 is 0 Å². The van der Waals surface area contributed by atoms with Gasteiger partial charge in [0.05, 0.1) is 6.04 Å². The molecule has 4 nitrogen and oxygen atoms in total. The maximum atomic E-state index is 12.9. The molecule has 20 heavy (non-hydrogen) atoms. The first-order valence-electron chi connectivity index (χ1n) is 6.28. The van der Waals surface area contributed by atoms with Crippen LogP contribution in [0.4, 0.5) is 13.2 Å². The molecule has 0 aliphatic carbocycles. The Morgan fingerprint density at radius 1 is 1.20 bits per heavy atom. The van der Waals surface area contributed by atoms with E-state index in [-0.39, 0.29) is 18.6 Å². The second-order valence-electron chi connectivity index (χ2n) is 4.90. The summed E-state index contributed by atoms with van der Waals surface area (Å²) in [6.45, 7) is 2.06. The number of hydrogen-bond donors (Lipinski definition) is 1. The van der Waals surface area contributed by atoms with Crippen LogP contribution in [0.15, 0.2) is 30.3 Å². The number of fused-ring (bicyclic) bond motifs is 1. The van der Waals surface area contributed by atoms with Gasteiger partial charge in [-0.2, -0.15) is 13.2 Å². The van der Waals surface area contributed by atoms with E-state index in [1.165, 1.54) is 4.57 Å². The van der Waals surface area contributed by atoms with Crippen LogP contribution in [0.1, 0.15) is 30.2 Å². The second-order valence-corrected chi connectivity index (χ2v) is 4.90. The minimum absolute atomic E-state index is 0.0928. The minimum Gasteiger partial charge on any atom is -0.304 e. The van der Waals surface area contributed by atoms with Gasteiger partial charge in [0.1, 0.15) is 0 Å². The van der Waals surface area contributed by atoms with Gasteiger partial charge in [0, 0.05) is 12.6 Å². The van der Waals surface area contributed by atoms with Crippen LogP contribution < -0.4 is 5.32 Å². The van der Waals surface area contributed by atoms with Gasteiger partial charge < -0.3 is 4.57 Å². The highest BCUT2D eigenvalue weighted by atomic mass is 19.4. The van der Waals surface area contributed by atoms with Crippen molar-refractivity contribution in [2.45, 2.75) is 31.7 Å². The van der Waals surface area contributed by atoms with E-state index in [1.807, 2.05) is 37.3 Å². The van der Waals surface area contributed by atoms with E-state index in [9.17, 15) is 13.2 Å². The Hall–Kier alpha value is -1.89. The lowest BCUT2D eigenvalue weighted by atomic mass is 10.0. The van der Waals surface area contributed by atoms with Crippen LogP contribution in [-0.2, 0) is 12.7 Å². The van der Waals surface area contributed by atoms with E-state index in [4.69, 9.17) is 0 Å². The van der Waals surface area contributed by atoms with E-state index in [1.54, 1.807) is 0 Å². The highest BCUT2D eigenvalue weighted by molar-refractivity contribution is 5.27. The summed E-state index contributed by atoms with van der Waals surface area (Å²) in [4.78, 5) is 0. The van der Waals surface area contributed by atoms with Crippen molar-refractivity contribution in [3.05, 3.63) is 47.5 Å². The average molecular weight is 282 g/mol. The standard InChI is InChI=1S/C13H13F3N4/c1-8-7-20-11(18-19-12(20)13(14,15)16)10(17-8)9-5-3-2-4-6-9/h2-6,8,10,17H,7H2,1H3. The van der Waals surface area contributed by atoms with Gasteiger partial charge in [0.2, 0.25) is 5.82 Å². The fourth-order valence-electron chi connectivity index (χ4n) is 2.49. The molecule has 3 rings (SSSR count). The van der Waals surface area contributed by atoms with E-state index in [2.05, 4.69) is 15.5 Å². The van der Waals surface area contributed by atoms with Crippen LogP contribution in [0.5, 0.6) is 0 Å². The predicted octanol–water partition coefficient (Wildman–Crippen LogP) is 2.38. The quantitative estimate of drug-likeness (QED) is 0.873. The highest BCUT2D eigenvalue weighted by Gasteiger charge is 2.41. The van der Waals surface area contributed by atoms with Crippen LogP contribution in [0.2, 0.25) is 0 Å². The fraction of sp³-hybridized carbons (Fsp3) is 0.385. The van der Waals surface area contributed by atoms with E-state index < -0.39 is 12.0 Å². The lowest BCUT2D eigenvalue weighted by Crippen LogP contribution is -2.42. The summed E-state index contributed by atoms with van der Waals surface area (Å²) in [7, 11) is 0. The zero-order valence-electron chi connectivity index (χ0n) is 10.7. The van der Waals surface area contributed by atoms with Crippen molar-refractivity contribution >= 4 is 0 Å². The Kier molecular flexibility index (Phi) is 3.01. The number of alkyl halides is 3. The molecule has 2 unspecified atom stereocenters. The number of aromatic nitrogens is 3. The van der Waals surface area contributed by atoms with Crippen LogP contribution in [0.3, 0.4) is 0 Å². The molecule has 2 aromatic rings. The Morgan fingerprint density at radius 3 is 2.55 bits per heavy atom. The predicted molar refractivity (Wildman–Crippen MR) is 65.9 cm³/mol. The Labute approximate surface area is 113 Å². The Morgan fingerprint density at radius 2 is 1.90 bits per heavy atom. The van der Waals surface area contributed by atoms with Crippen molar-refractivity contribution in [1.29, 1.82) is 0 Å². The molecule has 1 aromatic carbocycles.